The van der Waals surface area contributed by atoms with Gasteiger partial charge in [0.1, 0.15) is 11.6 Å². The number of amides is 1. The third kappa shape index (κ3) is 4.95. The first-order valence-electron chi connectivity index (χ1n) is 8.80. The molecular weight excluding hydrogens is 372 g/mol. The van der Waals surface area contributed by atoms with E-state index in [1.54, 1.807) is 6.07 Å². The molecule has 0 unspecified atom stereocenters. The van der Waals surface area contributed by atoms with E-state index in [0.717, 1.165) is 17.4 Å². The Labute approximate surface area is 162 Å². The normalized spacial score (nSPS) is 13.6. The lowest BCUT2D eigenvalue weighted by molar-refractivity contribution is -0.117. The number of carbonyl (C=O) groups is 1. The highest BCUT2D eigenvalue weighted by Crippen LogP contribution is 2.34. The summed E-state index contributed by atoms with van der Waals surface area (Å²) in [6, 6.07) is 5.24. The van der Waals surface area contributed by atoms with Gasteiger partial charge in [0.2, 0.25) is 5.91 Å². The molecule has 1 aromatic carbocycles. The van der Waals surface area contributed by atoms with Crippen LogP contribution in [0.25, 0.3) is 0 Å². The highest BCUT2D eigenvalue weighted by Gasteiger charge is 2.24. The van der Waals surface area contributed by atoms with Crippen LogP contribution in [0, 0.1) is 17.0 Å². The molecule has 1 aliphatic heterocycles. The summed E-state index contributed by atoms with van der Waals surface area (Å²) in [4.78, 5) is 18.6. The van der Waals surface area contributed by atoms with Crippen LogP contribution in [-0.4, -0.2) is 17.4 Å². The van der Waals surface area contributed by atoms with E-state index in [1.165, 1.54) is 12.1 Å². The van der Waals surface area contributed by atoms with Crippen LogP contribution in [0.15, 0.2) is 24.3 Å². The molecule has 2 heterocycles. The van der Waals surface area contributed by atoms with Crippen molar-refractivity contribution in [1.82, 2.24) is 4.98 Å². The topological polar surface area (TPSA) is 45.2 Å². The number of carbonyl (C=O) groups excluding carboxylic acids is 1. The minimum atomic E-state index is -0.600. The van der Waals surface area contributed by atoms with Crippen molar-refractivity contribution >= 4 is 29.0 Å². The number of hydrogen-bond acceptors (Lipinski definition) is 3. The third-order valence-electron chi connectivity index (χ3n) is 4.24. The Kier molecular flexibility index (Phi) is 5.38. The molecule has 3 rings (SSSR count). The molecule has 0 radical (unpaired) electrons. The Morgan fingerprint density at radius 2 is 1.89 bits per heavy atom. The molecule has 0 fully saturated rings. The first-order valence-corrected chi connectivity index (χ1v) is 9.18. The number of halogens is 3. The number of nitrogens with zero attached hydrogens (tertiary/aromatic N) is 2. The van der Waals surface area contributed by atoms with Gasteiger partial charge in [0.05, 0.1) is 16.4 Å². The molecule has 0 spiro atoms. The standard InChI is InChI=1S/C20H22ClF2N3O/c1-20(2,3)10-18(27)25-19-15(21)9-17-16(24-19)4-5-26(17)11-12-6-13(22)8-14(23)7-12/h6-9H,4-5,10-11H2,1-3H3,(H,24,25,27). The number of anilines is 2. The summed E-state index contributed by atoms with van der Waals surface area (Å²) in [5, 5.41) is 3.12. The Balaban J connectivity index is 1.77. The van der Waals surface area contributed by atoms with Crippen molar-refractivity contribution in [2.75, 3.05) is 16.8 Å². The van der Waals surface area contributed by atoms with E-state index < -0.39 is 11.6 Å². The van der Waals surface area contributed by atoms with Gasteiger partial charge in [-0.1, -0.05) is 32.4 Å². The van der Waals surface area contributed by atoms with Crippen LogP contribution in [0.4, 0.5) is 20.3 Å². The average molecular weight is 394 g/mol. The average Bonchev–Trinajstić information content (AvgIpc) is 2.86. The van der Waals surface area contributed by atoms with E-state index in [9.17, 15) is 13.6 Å². The molecular formula is C20H22ClF2N3O. The summed E-state index contributed by atoms with van der Waals surface area (Å²) in [5.74, 6) is -0.986. The molecule has 1 aliphatic rings. The molecule has 0 saturated carbocycles. The highest BCUT2D eigenvalue weighted by atomic mass is 35.5. The van der Waals surface area contributed by atoms with Crippen LogP contribution < -0.4 is 10.2 Å². The van der Waals surface area contributed by atoms with E-state index in [-0.39, 0.29) is 11.3 Å². The van der Waals surface area contributed by atoms with Crippen molar-refractivity contribution in [3.05, 3.63) is 52.2 Å². The van der Waals surface area contributed by atoms with Crippen LogP contribution >= 0.6 is 11.6 Å². The fraction of sp³-hybridized carbons (Fsp3) is 0.400. The van der Waals surface area contributed by atoms with Crippen LogP contribution in [0.2, 0.25) is 5.02 Å². The second-order valence-corrected chi connectivity index (χ2v) is 8.43. The van der Waals surface area contributed by atoms with E-state index in [1.807, 2.05) is 25.7 Å². The smallest absolute Gasteiger partial charge is 0.226 e. The SMILES string of the molecule is CC(C)(C)CC(=O)Nc1nc2c(cc1Cl)N(Cc1cc(F)cc(F)c1)CC2. The van der Waals surface area contributed by atoms with Crippen molar-refractivity contribution in [2.24, 2.45) is 5.41 Å². The van der Waals surface area contributed by atoms with Crippen LogP contribution in [0.3, 0.4) is 0 Å². The van der Waals surface area contributed by atoms with Crippen molar-refractivity contribution < 1.29 is 13.6 Å². The minimum Gasteiger partial charge on any atom is -0.365 e. The van der Waals surface area contributed by atoms with Crippen molar-refractivity contribution in [2.45, 2.75) is 40.2 Å². The number of pyridine rings is 1. The first kappa shape index (κ1) is 19.5. The molecule has 2 aromatic rings. The summed E-state index contributed by atoms with van der Waals surface area (Å²) in [6.45, 7) is 6.97. The maximum Gasteiger partial charge on any atom is 0.226 e. The van der Waals surface area contributed by atoms with Gasteiger partial charge in [-0.25, -0.2) is 13.8 Å². The number of rotatable bonds is 4. The fourth-order valence-electron chi connectivity index (χ4n) is 3.17. The maximum absolute atomic E-state index is 13.4. The molecule has 27 heavy (non-hydrogen) atoms. The van der Waals surface area contributed by atoms with Gasteiger partial charge in [-0.3, -0.25) is 4.79 Å². The van der Waals surface area contributed by atoms with E-state index in [0.29, 0.717) is 42.3 Å². The Morgan fingerprint density at radius 3 is 2.52 bits per heavy atom. The second-order valence-electron chi connectivity index (χ2n) is 8.02. The van der Waals surface area contributed by atoms with Gasteiger partial charge in [0.15, 0.2) is 5.82 Å². The van der Waals surface area contributed by atoms with Gasteiger partial charge < -0.3 is 10.2 Å². The molecule has 0 saturated heterocycles. The lowest BCUT2D eigenvalue weighted by atomic mass is 9.92. The number of aromatic nitrogens is 1. The summed E-state index contributed by atoms with van der Waals surface area (Å²) in [5.41, 5.74) is 2.03. The van der Waals surface area contributed by atoms with Crippen LogP contribution in [0.5, 0.6) is 0 Å². The Hall–Kier alpha value is -2.21. The number of benzene rings is 1. The molecule has 1 aromatic heterocycles. The predicted molar refractivity (Wildman–Crippen MR) is 103 cm³/mol. The van der Waals surface area contributed by atoms with Crippen molar-refractivity contribution in [3.63, 3.8) is 0 Å². The summed E-state index contributed by atoms with van der Waals surface area (Å²) in [6.07, 6.45) is 1.03. The predicted octanol–water partition coefficient (Wildman–Crippen LogP) is 4.95. The molecule has 7 heteroatoms. The first-order chi connectivity index (χ1) is 12.6. The van der Waals surface area contributed by atoms with Gasteiger partial charge in [-0.2, -0.15) is 0 Å². The van der Waals surface area contributed by atoms with Crippen molar-refractivity contribution in [1.29, 1.82) is 0 Å². The lowest BCUT2D eigenvalue weighted by Crippen LogP contribution is -2.21. The van der Waals surface area contributed by atoms with E-state index >= 15 is 0 Å². The quantitative estimate of drug-likeness (QED) is 0.799. The van der Waals surface area contributed by atoms with Gasteiger partial charge in [0, 0.05) is 32.0 Å². The lowest BCUT2D eigenvalue weighted by Gasteiger charge is -2.20. The summed E-state index contributed by atoms with van der Waals surface area (Å²) < 4.78 is 26.8. The zero-order valence-electron chi connectivity index (χ0n) is 15.6. The molecule has 1 N–H and O–H groups in total. The zero-order chi connectivity index (χ0) is 19.8. The van der Waals surface area contributed by atoms with Gasteiger partial charge in [-0.15, -0.1) is 0 Å². The second kappa shape index (κ2) is 7.43. The van der Waals surface area contributed by atoms with Gasteiger partial charge in [0.25, 0.3) is 0 Å². The molecule has 4 nitrogen and oxygen atoms in total. The molecule has 144 valence electrons. The molecule has 0 bridgehead atoms. The number of hydrogen-bond donors (Lipinski definition) is 1. The van der Waals surface area contributed by atoms with Gasteiger partial charge in [-0.05, 0) is 29.2 Å². The Morgan fingerprint density at radius 1 is 1.22 bits per heavy atom. The largest absolute Gasteiger partial charge is 0.365 e. The fourth-order valence-corrected chi connectivity index (χ4v) is 3.36. The highest BCUT2D eigenvalue weighted by molar-refractivity contribution is 6.33. The molecule has 1 amide bonds. The monoisotopic (exact) mass is 393 g/mol. The number of fused-ring (bicyclic) bond motifs is 1. The van der Waals surface area contributed by atoms with E-state index in [2.05, 4.69) is 10.3 Å². The summed E-state index contributed by atoms with van der Waals surface area (Å²) >= 11 is 6.32. The van der Waals surface area contributed by atoms with E-state index in [4.69, 9.17) is 11.6 Å². The number of nitrogens with one attached hydrogen (secondary N) is 1. The molecule has 0 atom stereocenters. The van der Waals surface area contributed by atoms with Crippen LogP contribution in [0.1, 0.15) is 38.4 Å². The Bertz CT molecular complexity index is 860. The van der Waals surface area contributed by atoms with Gasteiger partial charge >= 0.3 is 0 Å². The third-order valence-corrected chi connectivity index (χ3v) is 4.52. The molecule has 0 aliphatic carbocycles. The zero-order valence-corrected chi connectivity index (χ0v) is 16.3. The van der Waals surface area contributed by atoms with Crippen molar-refractivity contribution in [3.8, 4) is 0 Å². The minimum absolute atomic E-state index is 0.135. The van der Waals surface area contributed by atoms with Crippen LogP contribution in [-0.2, 0) is 17.8 Å². The summed E-state index contributed by atoms with van der Waals surface area (Å²) in [7, 11) is 0. The maximum atomic E-state index is 13.4.